The number of rotatable bonds is 3. The topological polar surface area (TPSA) is 37.8 Å². The van der Waals surface area contributed by atoms with E-state index in [0.717, 1.165) is 18.8 Å². The molecule has 1 aromatic rings. The predicted molar refractivity (Wildman–Crippen MR) is 48.6 cm³/mol. The molecular weight excluding hydrogens is 150 g/mol. The summed E-state index contributed by atoms with van der Waals surface area (Å²) in [6, 6.07) is 1.83. The smallest absolute Gasteiger partial charge is 0.129 e. The van der Waals surface area contributed by atoms with Crippen LogP contribution < -0.4 is 5.32 Å². The molecule has 0 atom stereocenters. The summed E-state index contributed by atoms with van der Waals surface area (Å²) in [5, 5.41) is 3.13. The van der Waals surface area contributed by atoms with Gasteiger partial charge in [0, 0.05) is 19.2 Å². The average Bonchev–Trinajstić information content (AvgIpc) is 2.14. The highest BCUT2D eigenvalue weighted by atomic mass is 15.0. The van der Waals surface area contributed by atoms with Gasteiger partial charge in [-0.3, -0.25) is 0 Å². The maximum Gasteiger partial charge on any atom is 0.129 e. The first-order valence-electron chi connectivity index (χ1n) is 3.83. The minimum absolute atomic E-state index is 0.831. The fourth-order valence-electron chi connectivity index (χ4n) is 0.773. The van der Waals surface area contributed by atoms with Crippen LogP contribution in [0.4, 0.5) is 5.82 Å². The number of aromatic nitrogens is 2. The molecule has 0 aliphatic rings. The van der Waals surface area contributed by atoms with E-state index in [9.17, 15) is 0 Å². The first-order chi connectivity index (χ1) is 5.93. The molecule has 0 aliphatic carbocycles. The second-order valence-corrected chi connectivity index (χ2v) is 2.20. The summed E-state index contributed by atoms with van der Waals surface area (Å²) >= 11 is 0. The Hall–Kier alpha value is -1.56. The molecule has 0 saturated heterocycles. The van der Waals surface area contributed by atoms with Gasteiger partial charge in [-0.2, -0.15) is 0 Å². The van der Waals surface area contributed by atoms with Gasteiger partial charge in [0.2, 0.25) is 0 Å². The van der Waals surface area contributed by atoms with Gasteiger partial charge in [-0.15, -0.1) is 11.8 Å². The molecule has 0 fully saturated rings. The van der Waals surface area contributed by atoms with Gasteiger partial charge in [-0.1, -0.05) is 0 Å². The van der Waals surface area contributed by atoms with Crippen LogP contribution in [0, 0.1) is 11.8 Å². The van der Waals surface area contributed by atoms with Crippen molar-refractivity contribution in [2.24, 2.45) is 0 Å². The normalized spacial score (nSPS) is 8.42. The van der Waals surface area contributed by atoms with Crippen LogP contribution in [-0.2, 0) is 0 Å². The fourth-order valence-corrected chi connectivity index (χ4v) is 0.773. The third-order valence-electron chi connectivity index (χ3n) is 1.31. The van der Waals surface area contributed by atoms with Crippen molar-refractivity contribution in [3.05, 3.63) is 18.6 Å². The van der Waals surface area contributed by atoms with Crippen molar-refractivity contribution in [2.45, 2.75) is 13.3 Å². The molecule has 0 unspecified atom stereocenters. The molecule has 0 amide bonds. The van der Waals surface area contributed by atoms with E-state index in [1.54, 1.807) is 6.20 Å². The van der Waals surface area contributed by atoms with Gasteiger partial charge >= 0.3 is 0 Å². The Morgan fingerprint density at radius 3 is 3.17 bits per heavy atom. The van der Waals surface area contributed by atoms with E-state index in [4.69, 9.17) is 0 Å². The molecule has 12 heavy (non-hydrogen) atoms. The first-order valence-corrected chi connectivity index (χ1v) is 3.83. The van der Waals surface area contributed by atoms with E-state index in [0.29, 0.717) is 0 Å². The molecule has 0 saturated carbocycles. The van der Waals surface area contributed by atoms with E-state index >= 15 is 0 Å². The highest BCUT2D eigenvalue weighted by Crippen LogP contribution is 1.96. The third kappa shape index (κ3) is 3.02. The molecular formula is C9H11N3. The van der Waals surface area contributed by atoms with Crippen molar-refractivity contribution in [2.75, 3.05) is 11.9 Å². The molecule has 1 rings (SSSR count). The molecule has 62 valence electrons. The van der Waals surface area contributed by atoms with Crippen LogP contribution in [-0.4, -0.2) is 16.5 Å². The fraction of sp³-hybridized carbons (Fsp3) is 0.333. The Labute approximate surface area is 72.2 Å². The lowest BCUT2D eigenvalue weighted by molar-refractivity contribution is 1.05. The van der Waals surface area contributed by atoms with Crippen molar-refractivity contribution in [3.63, 3.8) is 0 Å². The lowest BCUT2D eigenvalue weighted by atomic mass is 10.4. The molecule has 1 aromatic heterocycles. The molecule has 1 heterocycles. The summed E-state index contributed by atoms with van der Waals surface area (Å²) in [5.74, 6) is 6.64. The SMILES string of the molecule is CC#CCCNc1ccncn1. The maximum atomic E-state index is 4.01. The van der Waals surface area contributed by atoms with Crippen LogP contribution >= 0.6 is 0 Å². The van der Waals surface area contributed by atoms with E-state index in [1.165, 1.54) is 6.33 Å². The second kappa shape index (κ2) is 5.14. The van der Waals surface area contributed by atoms with E-state index in [2.05, 4.69) is 27.1 Å². The Bertz CT molecular complexity index is 271. The highest BCUT2D eigenvalue weighted by Gasteiger charge is 1.87. The molecule has 3 nitrogen and oxygen atoms in total. The van der Waals surface area contributed by atoms with Crippen molar-refractivity contribution >= 4 is 5.82 Å². The van der Waals surface area contributed by atoms with Crippen molar-refractivity contribution < 1.29 is 0 Å². The average molecular weight is 161 g/mol. The van der Waals surface area contributed by atoms with Crippen LogP contribution in [0.2, 0.25) is 0 Å². The monoisotopic (exact) mass is 161 g/mol. The Morgan fingerprint density at radius 2 is 2.50 bits per heavy atom. The van der Waals surface area contributed by atoms with Gasteiger partial charge in [0.1, 0.15) is 12.1 Å². The largest absolute Gasteiger partial charge is 0.369 e. The predicted octanol–water partition coefficient (Wildman–Crippen LogP) is 1.30. The zero-order valence-corrected chi connectivity index (χ0v) is 7.04. The quantitative estimate of drug-likeness (QED) is 0.536. The summed E-state index contributed by atoms with van der Waals surface area (Å²) in [6.07, 6.45) is 4.08. The van der Waals surface area contributed by atoms with Gasteiger partial charge in [0.15, 0.2) is 0 Å². The Balaban J connectivity index is 2.27. The van der Waals surface area contributed by atoms with Gasteiger partial charge in [-0.25, -0.2) is 9.97 Å². The van der Waals surface area contributed by atoms with Crippen LogP contribution in [0.1, 0.15) is 13.3 Å². The van der Waals surface area contributed by atoms with Gasteiger partial charge in [0.05, 0.1) is 0 Å². The van der Waals surface area contributed by atoms with E-state index in [1.807, 2.05) is 13.0 Å². The summed E-state index contributed by atoms with van der Waals surface area (Å²) in [5.41, 5.74) is 0. The Kier molecular flexibility index (Phi) is 3.65. The van der Waals surface area contributed by atoms with Crippen LogP contribution in [0.3, 0.4) is 0 Å². The summed E-state index contributed by atoms with van der Waals surface area (Å²) < 4.78 is 0. The molecule has 3 heteroatoms. The maximum absolute atomic E-state index is 4.01. The summed E-state index contributed by atoms with van der Waals surface area (Å²) in [4.78, 5) is 7.82. The standard InChI is InChI=1S/C9H11N3/c1-2-3-4-6-11-9-5-7-10-8-12-9/h5,7-8H,4,6H2,1H3,(H,10,11,12). The minimum Gasteiger partial charge on any atom is -0.369 e. The molecule has 0 aliphatic heterocycles. The summed E-state index contributed by atoms with van der Waals surface area (Å²) in [6.45, 7) is 2.67. The van der Waals surface area contributed by atoms with Crippen LogP contribution in [0.25, 0.3) is 0 Å². The zero-order valence-electron chi connectivity index (χ0n) is 7.04. The minimum atomic E-state index is 0.831. The van der Waals surface area contributed by atoms with Crippen molar-refractivity contribution in [1.29, 1.82) is 0 Å². The van der Waals surface area contributed by atoms with Crippen molar-refractivity contribution in [1.82, 2.24) is 9.97 Å². The third-order valence-corrected chi connectivity index (χ3v) is 1.31. The number of nitrogens with one attached hydrogen (secondary N) is 1. The lowest BCUT2D eigenvalue weighted by Gasteiger charge is -2.00. The molecule has 0 spiro atoms. The molecule has 1 N–H and O–H groups in total. The number of anilines is 1. The number of hydrogen-bond donors (Lipinski definition) is 1. The van der Waals surface area contributed by atoms with Crippen molar-refractivity contribution in [3.8, 4) is 11.8 Å². The number of nitrogens with zero attached hydrogens (tertiary/aromatic N) is 2. The first kappa shape index (κ1) is 8.54. The summed E-state index contributed by atoms with van der Waals surface area (Å²) in [7, 11) is 0. The van der Waals surface area contributed by atoms with E-state index in [-0.39, 0.29) is 0 Å². The van der Waals surface area contributed by atoms with Crippen LogP contribution in [0.15, 0.2) is 18.6 Å². The molecule has 0 radical (unpaired) electrons. The highest BCUT2D eigenvalue weighted by molar-refractivity contribution is 5.31. The zero-order chi connectivity index (χ0) is 8.65. The lowest BCUT2D eigenvalue weighted by Crippen LogP contribution is -2.01. The molecule has 0 bridgehead atoms. The van der Waals surface area contributed by atoms with Gasteiger partial charge < -0.3 is 5.32 Å². The molecule has 0 aromatic carbocycles. The Morgan fingerprint density at radius 1 is 1.58 bits per heavy atom. The van der Waals surface area contributed by atoms with Crippen LogP contribution in [0.5, 0.6) is 0 Å². The van der Waals surface area contributed by atoms with E-state index < -0.39 is 0 Å². The number of hydrogen-bond acceptors (Lipinski definition) is 3. The second-order valence-electron chi connectivity index (χ2n) is 2.20. The van der Waals surface area contributed by atoms with Gasteiger partial charge in [0.25, 0.3) is 0 Å². The van der Waals surface area contributed by atoms with Gasteiger partial charge in [-0.05, 0) is 13.0 Å².